The topological polar surface area (TPSA) is 53.6 Å². The van der Waals surface area contributed by atoms with E-state index in [-0.39, 0.29) is 11.3 Å². The Morgan fingerprint density at radius 1 is 1.45 bits per heavy atom. The molecule has 0 aromatic carbocycles. The first kappa shape index (κ1) is 15.7. The van der Waals surface area contributed by atoms with Gasteiger partial charge < -0.3 is 20.3 Å². The first-order valence-electron chi connectivity index (χ1n) is 7.90. The Hall–Kier alpha value is -0.650. The maximum Gasteiger partial charge on any atom is 0.228 e. The molecule has 0 radical (unpaired) electrons. The van der Waals surface area contributed by atoms with E-state index in [1.165, 1.54) is 13.0 Å². The Kier molecular flexibility index (Phi) is 5.81. The van der Waals surface area contributed by atoms with Crippen molar-refractivity contribution < 1.29 is 9.53 Å². The molecule has 2 saturated heterocycles. The second-order valence-electron chi connectivity index (χ2n) is 6.22. The molecule has 5 nitrogen and oxygen atoms in total. The molecule has 5 heteroatoms. The van der Waals surface area contributed by atoms with Crippen LogP contribution in [0.5, 0.6) is 0 Å². The third-order valence-corrected chi connectivity index (χ3v) is 4.83. The maximum absolute atomic E-state index is 12.6. The van der Waals surface area contributed by atoms with Crippen molar-refractivity contribution in [1.29, 1.82) is 0 Å². The molecule has 1 amide bonds. The normalized spacial score (nSPS) is 26.6. The standard InChI is InChI=1S/C15H29N3O2/c1-3-18-9-4-13(11-18)10-17-14(19)15(12-20-2)5-7-16-8-6-15/h13,16H,3-12H2,1-2H3,(H,17,19). The summed E-state index contributed by atoms with van der Waals surface area (Å²) >= 11 is 0. The Morgan fingerprint density at radius 3 is 2.80 bits per heavy atom. The predicted molar refractivity (Wildman–Crippen MR) is 79.6 cm³/mol. The lowest BCUT2D eigenvalue weighted by atomic mass is 9.78. The zero-order chi connectivity index (χ0) is 14.4. The Bertz CT molecular complexity index is 311. The van der Waals surface area contributed by atoms with Gasteiger partial charge in [-0.1, -0.05) is 6.92 Å². The molecule has 2 fully saturated rings. The molecule has 1 unspecified atom stereocenters. The average Bonchev–Trinajstić information content (AvgIpc) is 2.94. The van der Waals surface area contributed by atoms with Crippen LogP contribution in [0.15, 0.2) is 0 Å². The van der Waals surface area contributed by atoms with Gasteiger partial charge in [-0.25, -0.2) is 0 Å². The van der Waals surface area contributed by atoms with Crippen molar-refractivity contribution in [2.24, 2.45) is 11.3 Å². The summed E-state index contributed by atoms with van der Waals surface area (Å²) < 4.78 is 5.32. The van der Waals surface area contributed by atoms with E-state index >= 15 is 0 Å². The van der Waals surface area contributed by atoms with Gasteiger partial charge in [-0.15, -0.1) is 0 Å². The molecule has 2 N–H and O–H groups in total. The van der Waals surface area contributed by atoms with E-state index in [2.05, 4.69) is 22.5 Å². The average molecular weight is 283 g/mol. The highest BCUT2D eigenvalue weighted by molar-refractivity contribution is 5.83. The molecule has 0 aromatic rings. The molecule has 2 heterocycles. The quantitative estimate of drug-likeness (QED) is 0.744. The van der Waals surface area contributed by atoms with Crippen LogP contribution in [0.1, 0.15) is 26.2 Å². The fraction of sp³-hybridized carbons (Fsp3) is 0.933. The molecule has 20 heavy (non-hydrogen) atoms. The van der Waals surface area contributed by atoms with Crippen LogP contribution in [0, 0.1) is 11.3 Å². The molecule has 0 aromatic heterocycles. The van der Waals surface area contributed by atoms with Gasteiger partial charge in [-0.2, -0.15) is 0 Å². The molecule has 0 spiro atoms. The minimum atomic E-state index is -0.316. The lowest BCUT2D eigenvalue weighted by Crippen LogP contribution is -2.51. The first-order chi connectivity index (χ1) is 9.70. The van der Waals surface area contributed by atoms with Crippen LogP contribution in [0.25, 0.3) is 0 Å². The number of hydrogen-bond donors (Lipinski definition) is 2. The second-order valence-corrected chi connectivity index (χ2v) is 6.22. The molecule has 2 aliphatic heterocycles. The summed E-state index contributed by atoms with van der Waals surface area (Å²) in [4.78, 5) is 15.0. The number of amides is 1. The van der Waals surface area contributed by atoms with Crippen LogP contribution < -0.4 is 10.6 Å². The number of likely N-dealkylation sites (tertiary alicyclic amines) is 1. The Labute approximate surface area is 122 Å². The van der Waals surface area contributed by atoms with Crippen molar-refractivity contribution >= 4 is 5.91 Å². The van der Waals surface area contributed by atoms with Crippen LogP contribution in [0.4, 0.5) is 0 Å². The first-order valence-corrected chi connectivity index (χ1v) is 7.90. The lowest BCUT2D eigenvalue weighted by molar-refractivity contribution is -0.136. The van der Waals surface area contributed by atoms with E-state index in [1.54, 1.807) is 7.11 Å². The fourth-order valence-corrected chi connectivity index (χ4v) is 3.41. The second kappa shape index (κ2) is 7.38. The van der Waals surface area contributed by atoms with Gasteiger partial charge in [-0.05, 0) is 51.4 Å². The summed E-state index contributed by atoms with van der Waals surface area (Å²) in [7, 11) is 1.69. The minimum absolute atomic E-state index is 0.191. The lowest BCUT2D eigenvalue weighted by Gasteiger charge is -2.35. The van der Waals surface area contributed by atoms with Gasteiger partial charge in [0, 0.05) is 20.2 Å². The molecule has 2 aliphatic rings. The molecule has 1 atom stereocenters. The van der Waals surface area contributed by atoms with E-state index < -0.39 is 0 Å². The zero-order valence-corrected chi connectivity index (χ0v) is 12.9. The van der Waals surface area contributed by atoms with Crippen molar-refractivity contribution in [3.05, 3.63) is 0 Å². The van der Waals surface area contributed by atoms with Crippen molar-refractivity contribution in [2.75, 3.05) is 53.0 Å². The van der Waals surface area contributed by atoms with Crippen LogP contribution in [-0.2, 0) is 9.53 Å². The van der Waals surface area contributed by atoms with Gasteiger partial charge in [0.2, 0.25) is 5.91 Å². The number of piperidine rings is 1. The molecular formula is C15H29N3O2. The van der Waals surface area contributed by atoms with Crippen LogP contribution in [0.2, 0.25) is 0 Å². The Balaban J connectivity index is 1.82. The number of carbonyl (C=O) groups excluding carboxylic acids is 1. The maximum atomic E-state index is 12.6. The van der Waals surface area contributed by atoms with Crippen LogP contribution in [-0.4, -0.2) is 63.8 Å². The third-order valence-electron chi connectivity index (χ3n) is 4.83. The molecule has 2 rings (SSSR count). The number of nitrogens with one attached hydrogen (secondary N) is 2. The monoisotopic (exact) mass is 283 g/mol. The van der Waals surface area contributed by atoms with Crippen molar-refractivity contribution in [3.63, 3.8) is 0 Å². The number of hydrogen-bond acceptors (Lipinski definition) is 4. The summed E-state index contributed by atoms with van der Waals surface area (Å²) in [5.41, 5.74) is -0.316. The summed E-state index contributed by atoms with van der Waals surface area (Å²) in [5.74, 6) is 0.802. The molecular weight excluding hydrogens is 254 g/mol. The van der Waals surface area contributed by atoms with Gasteiger partial charge >= 0.3 is 0 Å². The van der Waals surface area contributed by atoms with Gasteiger partial charge in [0.1, 0.15) is 0 Å². The van der Waals surface area contributed by atoms with E-state index in [0.29, 0.717) is 12.5 Å². The van der Waals surface area contributed by atoms with E-state index in [4.69, 9.17) is 4.74 Å². The number of nitrogens with zero attached hydrogens (tertiary/aromatic N) is 1. The largest absolute Gasteiger partial charge is 0.384 e. The Morgan fingerprint density at radius 2 is 2.20 bits per heavy atom. The van der Waals surface area contributed by atoms with Crippen molar-refractivity contribution in [1.82, 2.24) is 15.5 Å². The predicted octanol–water partition coefficient (Wildman–Crippen LogP) is 0.461. The smallest absolute Gasteiger partial charge is 0.228 e. The summed E-state index contributed by atoms with van der Waals surface area (Å²) in [6.45, 7) is 8.77. The molecule has 0 saturated carbocycles. The highest BCUT2D eigenvalue weighted by Gasteiger charge is 2.39. The molecule has 116 valence electrons. The van der Waals surface area contributed by atoms with Gasteiger partial charge in [0.15, 0.2) is 0 Å². The number of ether oxygens (including phenoxy) is 1. The number of rotatable bonds is 6. The summed E-state index contributed by atoms with van der Waals surface area (Å²) in [5, 5.41) is 6.51. The van der Waals surface area contributed by atoms with Crippen LogP contribution >= 0.6 is 0 Å². The van der Waals surface area contributed by atoms with Crippen LogP contribution in [0.3, 0.4) is 0 Å². The highest BCUT2D eigenvalue weighted by atomic mass is 16.5. The van der Waals surface area contributed by atoms with Crippen molar-refractivity contribution in [2.45, 2.75) is 26.2 Å². The third kappa shape index (κ3) is 3.71. The summed E-state index contributed by atoms with van der Waals surface area (Å²) in [6.07, 6.45) is 2.95. The minimum Gasteiger partial charge on any atom is -0.384 e. The van der Waals surface area contributed by atoms with Crippen molar-refractivity contribution in [3.8, 4) is 0 Å². The van der Waals surface area contributed by atoms with E-state index in [1.807, 2.05) is 0 Å². The SMILES string of the molecule is CCN1CCC(CNC(=O)C2(COC)CCNCC2)C1. The van der Waals surface area contributed by atoms with E-state index in [9.17, 15) is 4.79 Å². The van der Waals surface area contributed by atoms with E-state index in [0.717, 1.165) is 45.6 Å². The number of carbonyl (C=O) groups is 1. The summed E-state index contributed by atoms with van der Waals surface area (Å²) in [6, 6.07) is 0. The van der Waals surface area contributed by atoms with Gasteiger partial charge in [0.25, 0.3) is 0 Å². The zero-order valence-electron chi connectivity index (χ0n) is 12.9. The van der Waals surface area contributed by atoms with Gasteiger partial charge in [-0.3, -0.25) is 4.79 Å². The van der Waals surface area contributed by atoms with Gasteiger partial charge in [0.05, 0.1) is 12.0 Å². The number of methoxy groups -OCH3 is 1. The fourth-order valence-electron chi connectivity index (χ4n) is 3.41. The molecule has 0 bridgehead atoms. The highest BCUT2D eigenvalue weighted by Crippen LogP contribution is 2.29. The molecule has 0 aliphatic carbocycles.